The zero-order valence-electron chi connectivity index (χ0n) is 28.9. The minimum atomic E-state index is -2.44. The molecule has 0 saturated carbocycles. The van der Waals surface area contributed by atoms with E-state index in [2.05, 4.69) is 127 Å². The number of allylic oxidation sites excluding steroid dienone is 5. The molecule has 250 valence electrons. The van der Waals surface area contributed by atoms with Crippen LogP contribution in [0.2, 0.25) is 5.02 Å². The highest BCUT2D eigenvalue weighted by Gasteiger charge is 2.07. The first-order chi connectivity index (χ1) is 21.5. The molecule has 1 N–H and O–H groups in total. The largest absolute Gasteiger partial charge is 0.387 e. The van der Waals surface area contributed by atoms with Gasteiger partial charge in [0.2, 0.25) is 0 Å². The normalized spacial score (nSPS) is 10.5. The zero-order valence-corrected chi connectivity index (χ0v) is 29.7. The number of aryl methyl sites for hydroxylation is 4. The van der Waals surface area contributed by atoms with Crippen LogP contribution in [0.5, 0.6) is 0 Å². The number of hydrogen-bond donors (Lipinski definition) is 1. The SMILES string of the molecule is C=C.C=C.C=C.C=C(NC)/C(=C/C)N=CC.C=O.CC1C=CC=C1.CCc1ccc(C)c(C)c1.Cc1cc(Cl)cc(C(F)F)c1. The van der Waals surface area contributed by atoms with Gasteiger partial charge >= 0.3 is 0 Å². The van der Waals surface area contributed by atoms with Crippen molar-refractivity contribution in [2.45, 2.75) is 61.3 Å². The van der Waals surface area contributed by atoms with E-state index in [1.54, 1.807) is 19.2 Å². The van der Waals surface area contributed by atoms with Gasteiger partial charge in [-0.1, -0.05) is 86.7 Å². The Morgan fingerprint density at radius 3 is 1.76 bits per heavy atom. The fraction of sp³-hybridized carbons (Fsp3) is 0.282. The van der Waals surface area contributed by atoms with E-state index in [0.717, 1.165) is 23.4 Å². The molecule has 0 fully saturated rings. The van der Waals surface area contributed by atoms with Crippen molar-refractivity contribution in [3.05, 3.63) is 157 Å². The number of rotatable bonds is 5. The molecule has 0 aliphatic heterocycles. The Hall–Kier alpha value is -4.09. The maximum absolute atomic E-state index is 12.1. The molecule has 1 aliphatic rings. The van der Waals surface area contributed by atoms with Crippen LogP contribution in [0.25, 0.3) is 0 Å². The van der Waals surface area contributed by atoms with Gasteiger partial charge in [-0.05, 0) is 81.3 Å². The molecule has 0 saturated heterocycles. The van der Waals surface area contributed by atoms with Gasteiger partial charge in [0.05, 0.1) is 11.4 Å². The van der Waals surface area contributed by atoms with Crippen molar-refractivity contribution in [3.63, 3.8) is 0 Å². The van der Waals surface area contributed by atoms with E-state index in [9.17, 15) is 8.78 Å². The second-order valence-electron chi connectivity index (χ2n) is 8.55. The van der Waals surface area contributed by atoms with Crippen molar-refractivity contribution in [3.8, 4) is 0 Å². The number of aliphatic imine (C=N–C) groups is 1. The third-order valence-electron chi connectivity index (χ3n) is 5.39. The average molecular weight is 643 g/mol. The van der Waals surface area contributed by atoms with Crippen molar-refractivity contribution < 1.29 is 13.6 Å². The summed E-state index contributed by atoms with van der Waals surface area (Å²) in [4.78, 5) is 12.1. The number of alkyl halides is 2. The lowest BCUT2D eigenvalue weighted by Crippen LogP contribution is -2.05. The molecular weight excluding hydrogens is 586 g/mol. The molecule has 3 nitrogen and oxygen atoms in total. The minimum absolute atomic E-state index is 0.0185. The number of carbonyl (C=O) groups excluding carboxylic acids is 1. The van der Waals surface area contributed by atoms with Gasteiger partial charge in [-0.15, -0.1) is 39.5 Å². The lowest BCUT2D eigenvalue weighted by molar-refractivity contribution is -0.0980. The zero-order chi connectivity index (χ0) is 36.4. The fourth-order valence-corrected chi connectivity index (χ4v) is 3.35. The molecule has 0 spiro atoms. The van der Waals surface area contributed by atoms with E-state index in [1.807, 2.05) is 33.8 Å². The minimum Gasteiger partial charge on any atom is -0.387 e. The van der Waals surface area contributed by atoms with Gasteiger partial charge in [-0.2, -0.15) is 0 Å². The predicted molar refractivity (Wildman–Crippen MR) is 201 cm³/mol. The van der Waals surface area contributed by atoms with Gasteiger partial charge in [0, 0.05) is 23.8 Å². The smallest absolute Gasteiger partial charge is 0.263 e. The highest BCUT2D eigenvalue weighted by molar-refractivity contribution is 6.30. The van der Waals surface area contributed by atoms with E-state index in [4.69, 9.17) is 16.4 Å². The van der Waals surface area contributed by atoms with Crippen molar-refractivity contribution in [1.29, 1.82) is 0 Å². The number of hydrogen-bond acceptors (Lipinski definition) is 3. The maximum Gasteiger partial charge on any atom is 0.263 e. The van der Waals surface area contributed by atoms with Crippen LogP contribution in [-0.2, 0) is 11.2 Å². The van der Waals surface area contributed by atoms with Crippen LogP contribution in [0.3, 0.4) is 0 Å². The fourth-order valence-electron chi connectivity index (χ4n) is 3.05. The van der Waals surface area contributed by atoms with Gasteiger partial charge in [-0.3, -0.25) is 4.99 Å². The van der Waals surface area contributed by atoms with Crippen LogP contribution < -0.4 is 5.32 Å². The third-order valence-corrected chi connectivity index (χ3v) is 5.61. The molecule has 2 aromatic carbocycles. The molecule has 3 rings (SSSR count). The quantitative estimate of drug-likeness (QED) is 0.200. The number of nitrogens with one attached hydrogen (secondary N) is 1. The molecule has 6 heteroatoms. The first kappa shape index (κ1) is 50.5. The second kappa shape index (κ2) is 36.1. The van der Waals surface area contributed by atoms with Crippen LogP contribution in [-0.4, -0.2) is 20.1 Å². The molecule has 0 unspecified atom stereocenters. The molecule has 2 aromatic rings. The Bertz CT molecular complexity index is 1110. The summed E-state index contributed by atoms with van der Waals surface area (Å²) in [6.45, 7) is 38.0. The Kier molecular flexibility index (Phi) is 40.5. The van der Waals surface area contributed by atoms with Crippen LogP contribution in [0, 0.1) is 26.7 Å². The molecule has 0 bridgehead atoms. The molecular formula is C39H57ClF2N2O. The van der Waals surface area contributed by atoms with E-state index in [0.29, 0.717) is 10.9 Å². The predicted octanol–water partition coefficient (Wildman–Crippen LogP) is 12.1. The number of carbonyl (C=O) groups is 1. The van der Waals surface area contributed by atoms with Crippen molar-refractivity contribution in [2.75, 3.05) is 7.05 Å². The molecule has 45 heavy (non-hydrogen) atoms. The van der Waals surface area contributed by atoms with E-state index >= 15 is 0 Å². The molecule has 0 aromatic heterocycles. The third kappa shape index (κ3) is 28.4. The summed E-state index contributed by atoms with van der Waals surface area (Å²) in [5.41, 5.74) is 6.70. The van der Waals surface area contributed by atoms with E-state index in [-0.39, 0.29) is 5.56 Å². The summed E-state index contributed by atoms with van der Waals surface area (Å²) >= 11 is 5.56. The van der Waals surface area contributed by atoms with Crippen molar-refractivity contribution in [1.82, 2.24) is 5.32 Å². The van der Waals surface area contributed by atoms with Gasteiger partial charge < -0.3 is 10.1 Å². The Balaban J connectivity index is -0.000000148. The molecule has 1 aliphatic carbocycles. The first-order valence-corrected chi connectivity index (χ1v) is 14.6. The van der Waals surface area contributed by atoms with Crippen molar-refractivity contribution in [2.24, 2.45) is 10.9 Å². The second-order valence-corrected chi connectivity index (χ2v) is 8.99. The van der Waals surface area contributed by atoms with Gasteiger partial charge in [0.25, 0.3) is 6.43 Å². The van der Waals surface area contributed by atoms with Gasteiger partial charge in [0.15, 0.2) is 0 Å². The summed E-state index contributed by atoms with van der Waals surface area (Å²) in [5, 5.41) is 3.29. The molecule has 0 heterocycles. The van der Waals surface area contributed by atoms with Crippen LogP contribution in [0.15, 0.2) is 129 Å². The molecule has 0 amide bonds. The van der Waals surface area contributed by atoms with Crippen LogP contribution >= 0.6 is 11.6 Å². The number of likely N-dealkylation sites (N-methyl/N-ethyl adjacent to an activating group) is 1. The Morgan fingerprint density at radius 2 is 1.44 bits per heavy atom. The summed E-state index contributed by atoms with van der Waals surface area (Å²) < 4.78 is 24.1. The summed E-state index contributed by atoms with van der Waals surface area (Å²) in [6, 6.07) is 11.0. The van der Waals surface area contributed by atoms with Crippen LogP contribution in [0.1, 0.15) is 61.9 Å². The number of benzene rings is 2. The maximum atomic E-state index is 12.1. The highest BCUT2D eigenvalue weighted by atomic mass is 35.5. The highest BCUT2D eigenvalue weighted by Crippen LogP contribution is 2.23. The summed E-state index contributed by atoms with van der Waals surface area (Å²) in [5.74, 6) is 0.685. The lowest BCUT2D eigenvalue weighted by Gasteiger charge is -2.02. The Morgan fingerprint density at radius 1 is 0.933 bits per heavy atom. The van der Waals surface area contributed by atoms with Crippen LogP contribution in [0.4, 0.5) is 8.78 Å². The first-order valence-electron chi connectivity index (χ1n) is 14.3. The number of halogens is 3. The van der Waals surface area contributed by atoms with E-state index < -0.39 is 6.43 Å². The summed E-state index contributed by atoms with van der Waals surface area (Å²) in [7, 11) is 1.83. The molecule has 0 atom stereocenters. The monoisotopic (exact) mass is 642 g/mol. The molecule has 0 radical (unpaired) electrons. The Labute approximate surface area is 279 Å². The number of nitrogens with zero attached hydrogens (tertiary/aromatic N) is 1. The van der Waals surface area contributed by atoms with E-state index in [1.165, 1.54) is 28.8 Å². The lowest BCUT2D eigenvalue weighted by atomic mass is 10.1. The van der Waals surface area contributed by atoms with Gasteiger partial charge in [-0.25, -0.2) is 8.78 Å². The summed E-state index contributed by atoms with van der Waals surface area (Å²) in [6.07, 6.45) is 10.8. The van der Waals surface area contributed by atoms with Crippen molar-refractivity contribution >= 4 is 24.6 Å². The van der Waals surface area contributed by atoms with Gasteiger partial charge in [0.1, 0.15) is 6.79 Å². The standard InChI is InChI=1S/C10H14.C8H7ClF2.C8H14N2.C6H8.3C2H4.CH2O/c1-4-10-6-5-8(2)9(3)7-10;1-5-2-6(8(10)11)4-7(9)3-5;1-5-8(10-6-2)7(3)9-4;1-6-4-2-3-5-6;4*1-2/h5-7H,4H2,1-3H3;2-4,8H,1H3;5-6,9H,3H2,1-2,4H3;2-6H,1H3;3*1-2H2;1H2/b;;8-5-,10-6?;;;;;. The average Bonchev–Trinajstić information content (AvgIpc) is 3.56. The topological polar surface area (TPSA) is 41.5 Å².